The molecule has 3 aliphatic rings. The van der Waals surface area contributed by atoms with Crippen LogP contribution in [0.2, 0.25) is 0 Å². The van der Waals surface area contributed by atoms with E-state index >= 15 is 0 Å². The number of nitrogens with zero attached hydrogens (tertiary/aromatic N) is 6. The van der Waals surface area contributed by atoms with Gasteiger partial charge in [0, 0.05) is 43.1 Å². The summed E-state index contributed by atoms with van der Waals surface area (Å²) >= 11 is 0. The van der Waals surface area contributed by atoms with Gasteiger partial charge in [0.2, 0.25) is 5.88 Å². The van der Waals surface area contributed by atoms with Gasteiger partial charge in [-0.05, 0) is 83.5 Å². The van der Waals surface area contributed by atoms with Crippen LogP contribution < -0.4 is 19.7 Å². The van der Waals surface area contributed by atoms with Crippen LogP contribution in [0.1, 0.15) is 69.2 Å². The van der Waals surface area contributed by atoms with Gasteiger partial charge in [-0.15, -0.1) is 5.10 Å². The zero-order valence-corrected chi connectivity index (χ0v) is 26.0. The Kier molecular flexibility index (Phi) is 8.08. The van der Waals surface area contributed by atoms with E-state index in [2.05, 4.69) is 20.2 Å². The zero-order chi connectivity index (χ0) is 32.0. The highest BCUT2D eigenvalue weighted by molar-refractivity contribution is 7.90. The van der Waals surface area contributed by atoms with Gasteiger partial charge in [-0.3, -0.25) is 9.48 Å². The van der Waals surface area contributed by atoms with Crippen molar-refractivity contribution in [2.75, 3.05) is 24.6 Å². The van der Waals surface area contributed by atoms with Crippen molar-refractivity contribution in [3.05, 3.63) is 42.2 Å². The molecule has 2 fully saturated rings. The lowest BCUT2D eigenvalue weighted by Crippen LogP contribution is -2.41. The van der Waals surface area contributed by atoms with Crippen LogP contribution in [0, 0.1) is 5.41 Å². The monoisotopic (exact) mass is 650 g/mol. The molecular formula is C29H37F3N8O4S. The molecule has 2 N–H and O–H groups in total. The van der Waals surface area contributed by atoms with Crippen LogP contribution in [0.15, 0.2) is 41.7 Å². The lowest BCUT2D eigenvalue weighted by molar-refractivity contribution is -0.189. The molecule has 0 spiro atoms. The quantitative estimate of drug-likeness (QED) is 0.382. The minimum Gasteiger partial charge on any atom is -0.477 e. The van der Waals surface area contributed by atoms with E-state index in [1.54, 1.807) is 29.2 Å². The lowest BCUT2D eigenvalue weighted by atomic mass is 9.99. The van der Waals surface area contributed by atoms with Gasteiger partial charge in [0.1, 0.15) is 5.82 Å². The first-order valence-electron chi connectivity index (χ1n) is 15.1. The molecule has 0 aromatic carbocycles. The Morgan fingerprint density at radius 3 is 2.64 bits per heavy atom. The average molecular weight is 651 g/mol. The SMILES string of the molecule is CC1(C)CC2CN1c1nc(-n3ccc(OCCCC4(C(F)(F)F)CC4)n3)ccc1C(=O)NS(=O)(=O)c1ccn(n1)CCCCN2. The third kappa shape index (κ3) is 6.52. The van der Waals surface area contributed by atoms with Crippen molar-refractivity contribution in [2.24, 2.45) is 5.41 Å². The van der Waals surface area contributed by atoms with Crippen LogP contribution >= 0.6 is 0 Å². The molecule has 1 saturated carbocycles. The van der Waals surface area contributed by atoms with Gasteiger partial charge in [-0.25, -0.2) is 14.4 Å². The summed E-state index contributed by atoms with van der Waals surface area (Å²) in [4.78, 5) is 20.3. The summed E-state index contributed by atoms with van der Waals surface area (Å²) in [5, 5.41) is 11.9. The number of sulfonamides is 1. The molecule has 6 rings (SSSR count). The van der Waals surface area contributed by atoms with Crippen molar-refractivity contribution >= 4 is 21.7 Å². The average Bonchev–Trinajstić information content (AvgIpc) is 3.27. The third-order valence-corrected chi connectivity index (χ3v) is 10.1. The number of fused-ring (bicyclic) bond motifs is 6. The molecule has 244 valence electrons. The number of nitrogens with one attached hydrogen (secondary N) is 2. The van der Waals surface area contributed by atoms with E-state index in [4.69, 9.17) is 9.72 Å². The van der Waals surface area contributed by atoms with Gasteiger partial charge in [0.15, 0.2) is 10.8 Å². The van der Waals surface area contributed by atoms with E-state index in [9.17, 15) is 26.4 Å². The summed E-state index contributed by atoms with van der Waals surface area (Å²) in [6.07, 6.45) is 2.04. The molecule has 1 amide bonds. The summed E-state index contributed by atoms with van der Waals surface area (Å²) in [7, 11) is -4.25. The predicted octanol–water partition coefficient (Wildman–Crippen LogP) is 3.82. The van der Waals surface area contributed by atoms with Gasteiger partial charge in [-0.2, -0.15) is 26.7 Å². The number of pyridine rings is 1. The number of ether oxygens (including phenoxy) is 1. The number of rotatable bonds is 6. The normalized spacial score (nSPS) is 22.5. The van der Waals surface area contributed by atoms with Gasteiger partial charge < -0.3 is 15.0 Å². The number of hydrogen-bond acceptors (Lipinski definition) is 9. The molecule has 2 aliphatic heterocycles. The smallest absolute Gasteiger partial charge is 0.394 e. The number of alkyl halides is 3. The Morgan fingerprint density at radius 1 is 1.09 bits per heavy atom. The zero-order valence-electron chi connectivity index (χ0n) is 25.2. The number of hydrogen-bond donors (Lipinski definition) is 2. The standard InChI is InChI=1S/C29H37F3N8O4S/c1-27(2)18-20-19-39(27)25-21(26(41)37-45(42,43)24-9-15-38(36-24)14-4-3-13-33-20)6-7-22(34-25)40-16-8-23(35-40)44-17-5-10-28(11-12-28)29(30,31)32/h6-9,15-16,20,33H,3-5,10-14,17-19H2,1-2H3,(H,37,41). The van der Waals surface area contributed by atoms with E-state index in [-0.39, 0.29) is 54.8 Å². The van der Waals surface area contributed by atoms with E-state index in [1.807, 2.05) is 18.7 Å². The fourth-order valence-corrected chi connectivity index (χ4v) is 7.09. The topological polar surface area (TPSA) is 136 Å². The molecule has 1 atom stereocenters. The maximum Gasteiger partial charge on any atom is 0.394 e. The Hall–Kier alpha value is -3.66. The van der Waals surface area contributed by atoms with Gasteiger partial charge in [0.05, 0.1) is 17.6 Å². The van der Waals surface area contributed by atoms with Crippen LogP contribution in [-0.4, -0.2) is 76.3 Å². The van der Waals surface area contributed by atoms with E-state index in [0.717, 1.165) is 25.8 Å². The summed E-state index contributed by atoms with van der Waals surface area (Å²) in [6, 6.07) is 6.13. The molecular weight excluding hydrogens is 613 g/mol. The van der Waals surface area contributed by atoms with Crippen molar-refractivity contribution < 1.29 is 31.1 Å². The second-order valence-corrected chi connectivity index (χ2v) is 14.3. The van der Waals surface area contributed by atoms with Crippen molar-refractivity contribution in [3.63, 3.8) is 0 Å². The van der Waals surface area contributed by atoms with Gasteiger partial charge >= 0.3 is 6.18 Å². The molecule has 4 bridgehead atoms. The Balaban J connectivity index is 1.25. The van der Waals surface area contributed by atoms with Crippen LogP contribution in [0.3, 0.4) is 0 Å². The maximum absolute atomic E-state index is 13.5. The number of carbonyl (C=O) groups excluding carboxylic acids is 1. The second kappa shape index (κ2) is 11.6. The minimum atomic E-state index is -4.25. The van der Waals surface area contributed by atoms with Crippen LogP contribution in [0.25, 0.3) is 5.82 Å². The first-order chi connectivity index (χ1) is 21.3. The minimum absolute atomic E-state index is 0.0186. The summed E-state index contributed by atoms with van der Waals surface area (Å²) in [5.41, 5.74) is -1.92. The van der Waals surface area contributed by atoms with Gasteiger partial charge in [0.25, 0.3) is 15.9 Å². The van der Waals surface area contributed by atoms with Crippen LogP contribution in [0.5, 0.6) is 5.88 Å². The highest BCUT2D eigenvalue weighted by Crippen LogP contribution is 2.60. The molecule has 5 heterocycles. The second-order valence-electron chi connectivity index (χ2n) is 12.7. The molecule has 0 radical (unpaired) electrons. The van der Waals surface area contributed by atoms with Crippen molar-refractivity contribution in [1.82, 2.24) is 34.6 Å². The Bertz CT molecular complexity index is 1670. The van der Waals surface area contributed by atoms with Gasteiger partial charge in [-0.1, -0.05) is 0 Å². The van der Waals surface area contributed by atoms with E-state index in [1.165, 1.54) is 16.8 Å². The maximum atomic E-state index is 13.5. The van der Waals surface area contributed by atoms with E-state index in [0.29, 0.717) is 24.7 Å². The summed E-state index contributed by atoms with van der Waals surface area (Å²) < 4.78 is 76.6. The number of carbonyl (C=O) groups is 1. The predicted molar refractivity (Wildman–Crippen MR) is 158 cm³/mol. The van der Waals surface area contributed by atoms with Crippen molar-refractivity contribution in [2.45, 2.75) is 88.1 Å². The first-order valence-corrected chi connectivity index (χ1v) is 16.6. The van der Waals surface area contributed by atoms with E-state index < -0.39 is 33.1 Å². The molecule has 1 aliphatic carbocycles. The number of aromatic nitrogens is 5. The Labute approximate surface area is 259 Å². The number of halogens is 3. The highest BCUT2D eigenvalue weighted by Gasteiger charge is 2.62. The number of aryl methyl sites for hydroxylation is 1. The third-order valence-electron chi connectivity index (χ3n) is 8.91. The van der Waals surface area contributed by atoms with Crippen molar-refractivity contribution in [3.8, 4) is 11.7 Å². The first kappa shape index (κ1) is 31.3. The molecule has 3 aromatic rings. The fraction of sp³-hybridized carbons (Fsp3) is 0.586. The summed E-state index contributed by atoms with van der Waals surface area (Å²) in [6.45, 7) is 6.06. The number of amides is 1. The van der Waals surface area contributed by atoms with Crippen LogP contribution in [0.4, 0.5) is 19.0 Å². The van der Waals surface area contributed by atoms with Crippen LogP contribution in [-0.2, 0) is 16.6 Å². The summed E-state index contributed by atoms with van der Waals surface area (Å²) in [5.74, 6) is 0.0463. The number of anilines is 1. The molecule has 1 unspecified atom stereocenters. The molecule has 3 aromatic heterocycles. The molecule has 45 heavy (non-hydrogen) atoms. The largest absolute Gasteiger partial charge is 0.477 e. The molecule has 12 nitrogen and oxygen atoms in total. The highest BCUT2D eigenvalue weighted by atomic mass is 32.2. The lowest BCUT2D eigenvalue weighted by Gasteiger charge is -2.33. The molecule has 1 saturated heterocycles. The molecule has 16 heteroatoms. The Morgan fingerprint density at radius 2 is 1.89 bits per heavy atom. The van der Waals surface area contributed by atoms with Crippen molar-refractivity contribution in [1.29, 1.82) is 0 Å². The fourth-order valence-electron chi connectivity index (χ4n) is 6.17.